The van der Waals surface area contributed by atoms with Gasteiger partial charge in [-0.2, -0.15) is 0 Å². The first-order chi connectivity index (χ1) is 14.7. The molecule has 4 radical (unpaired) electrons. The molecule has 3 unspecified atom stereocenters. The summed E-state index contributed by atoms with van der Waals surface area (Å²) in [5.74, 6) is 0. The van der Waals surface area contributed by atoms with Crippen LogP contribution in [0.25, 0.3) is 0 Å². The molecule has 170 valence electrons. The maximum atomic E-state index is 10.8. The Hall–Kier alpha value is -1.76. The molecule has 1 aromatic heterocycles. The molecule has 2 aliphatic carbocycles. The number of hydrogen-bond acceptors (Lipinski definition) is 8. The van der Waals surface area contributed by atoms with E-state index in [9.17, 15) is 19.5 Å². The normalized spacial score (nSPS) is 24.3. The average molecular weight is 476 g/mol. The predicted molar refractivity (Wildman–Crippen MR) is 125 cm³/mol. The number of carbonyl (C=O) groups excluding carboxylic acids is 1. The standard InChI is InChI=1S/C12H13B2NO2.C6H10N2O2S2.CH3NO/c13-11(16)3-1-6-5-7-2-4-12(14,17)9(7)10(15)8(6)11;1-6(2,9)5-8-3-4(11-5)12(7)10;2-1-3/h5,16-17H,1-4,15H2;3,9H,7H2,1-2H3;1H,(H2,2,3). The van der Waals surface area contributed by atoms with Gasteiger partial charge in [-0.15, -0.1) is 11.3 Å². The molecule has 9 N–H and O–H groups in total. The molecular formula is C19H26B2N4O5S2. The summed E-state index contributed by atoms with van der Waals surface area (Å²) in [4.78, 5) is 12.5. The third-order valence-corrected chi connectivity index (χ3v) is 7.50. The van der Waals surface area contributed by atoms with Crippen LogP contribution in [-0.2, 0) is 45.2 Å². The minimum absolute atomic E-state index is 0.250. The zero-order chi connectivity index (χ0) is 24.5. The van der Waals surface area contributed by atoms with Crippen molar-refractivity contribution >= 4 is 50.1 Å². The van der Waals surface area contributed by atoms with Gasteiger partial charge in [-0.3, -0.25) is 4.79 Å². The van der Waals surface area contributed by atoms with Gasteiger partial charge in [0.2, 0.25) is 6.41 Å². The molecule has 3 atom stereocenters. The van der Waals surface area contributed by atoms with Crippen molar-refractivity contribution in [3.63, 3.8) is 0 Å². The van der Waals surface area contributed by atoms with Crippen LogP contribution in [0.4, 0.5) is 5.69 Å². The van der Waals surface area contributed by atoms with E-state index in [1.165, 1.54) is 6.20 Å². The highest BCUT2D eigenvalue weighted by Crippen LogP contribution is 2.47. The molecule has 0 saturated heterocycles. The number of rotatable bonds is 2. The number of aliphatic hydroxyl groups is 3. The number of nitrogens with two attached hydrogens (primary N) is 3. The molecule has 0 spiro atoms. The number of thiazole rings is 1. The molecule has 0 aliphatic heterocycles. The fraction of sp³-hybridized carbons (Fsp3) is 0.474. The number of primary amides is 1. The Morgan fingerprint density at radius 3 is 1.94 bits per heavy atom. The number of aromatic nitrogens is 1. The number of hydrogen-bond donors (Lipinski definition) is 6. The van der Waals surface area contributed by atoms with Gasteiger partial charge >= 0.3 is 0 Å². The summed E-state index contributed by atoms with van der Waals surface area (Å²) in [6, 6.07) is 1.97. The quantitative estimate of drug-likeness (QED) is 0.187. The predicted octanol–water partition coefficient (Wildman–Crippen LogP) is -0.758. The summed E-state index contributed by atoms with van der Waals surface area (Å²) >= 11 is 1.16. The molecule has 4 rings (SSSR count). The second kappa shape index (κ2) is 9.62. The molecule has 1 amide bonds. The summed E-state index contributed by atoms with van der Waals surface area (Å²) in [7, 11) is 10.2. The second-order valence-electron chi connectivity index (χ2n) is 8.18. The number of carbonyl (C=O) groups is 1. The van der Waals surface area contributed by atoms with E-state index < -0.39 is 27.6 Å². The van der Waals surface area contributed by atoms with Gasteiger partial charge in [0.05, 0.1) is 17.2 Å². The van der Waals surface area contributed by atoms with E-state index in [0.29, 0.717) is 51.7 Å². The Morgan fingerprint density at radius 2 is 1.62 bits per heavy atom. The lowest BCUT2D eigenvalue weighted by Gasteiger charge is -2.26. The zero-order valence-electron chi connectivity index (χ0n) is 17.9. The third kappa shape index (κ3) is 5.59. The molecule has 13 heteroatoms. The topological polar surface area (TPSA) is 186 Å². The van der Waals surface area contributed by atoms with E-state index in [1.807, 2.05) is 6.07 Å². The molecular weight excluding hydrogens is 450 g/mol. The lowest BCUT2D eigenvalue weighted by molar-refractivity contribution is -0.106. The zero-order valence-corrected chi connectivity index (χ0v) is 19.5. The summed E-state index contributed by atoms with van der Waals surface area (Å²) in [6.07, 6.45) is 4.01. The van der Waals surface area contributed by atoms with Crippen LogP contribution in [0.1, 0.15) is 54.0 Å². The summed E-state index contributed by atoms with van der Waals surface area (Å²) in [5, 5.41) is 35.4. The van der Waals surface area contributed by atoms with Crippen molar-refractivity contribution in [1.82, 2.24) is 4.98 Å². The van der Waals surface area contributed by atoms with Crippen LogP contribution in [0.3, 0.4) is 0 Å². The largest absolute Gasteiger partial charge is 0.398 e. The Labute approximate surface area is 195 Å². The Morgan fingerprint density at radius 1 is 1.19 bits per heavy atom. The van der Waals surface area contributed by atoms with Crippen LogP contribution < -0.4 is 16.6 Å². The Bertz CT molecular complexity index is 980. The first-order valence-corrected chi connectivity index (χ1v) is 11.7. The highest BCUT2D eigenvalue weighted by atomic mass is 32.2. The van der Waals surface area contributed by atoms with E-state index in [0.717, 1.165) is 22.5 Å². The molecule has 0 saturated carbocycles. The Balaban J connectivity index is 0.000000213. The first-order valence-electron chi connectivity index (χ1n) is 9.63. The maximum absolute atomic E-state index is 10.8. The number of fused-ring (bicyclic) bond motifs is 2. The van der Waals surface area contributed by atoms with Crippen LogP contribution in [0, 0.1) is 0 Å². The molecule has 1 aromatic carbocycles. The lowest BCUT2D eigenvalue weighted by atomic mass is 9.71. The van der Waals surface area contributed by atoms with Crippen molar-refractivity contribution in [3.8, 4) is 0 Å². The number of benzene rings is 1. The van der Waals surface area contributed by atoms with E-state index in [1.54, 1.807) is 13.8 Å². The smallest absolute Gasteiger partial charge is 0.204 e. The fourth-order valence-corrected chi connectivity index (χ4v) is 5.15. The van der Waals surface area contributed by atoms with Gasteiger partial charge in [0.1, 0.15) is 41.5 Å². The molecule has 1 heterocycles. The fourth-order valence-electron chi connectivity index (χ4n) is 3.78. The number of anilines is 1. The van der Waals surface area contributed by atoms with Gasteiger partial charge in [0.15, 0.2) is 0 Å². The number of nitrogen functional groups attached to an aromatic ring is 1. The molecule has 32 heavy (non-hydrogen) atoms. The van der Waals surface area contributed by atoms with Crippen molar-refractivity contribution in [2.24, 2.45) is 10.9 Å². The molecule has 9 nitrogen and oxygen atoms in total. The van der Waals surface area contributed by atoms with E-state index >= 15 is 0 Å². The van der Waals surface area contributed by atoms with Crippen LogP contribution >= 0.6 is 11.3 Å². The van der Waals surface area contributed by atoms with Crippen LogP contribution in [0.5, 0.6) is 0 Å². The lowest BCUT2D eigenvalue weighted by Crippen LogP contribution is -2.28. The maximum Gasteiger partial charge on any atom is 0.204 e. The highest BCUT2D eigenvalue weighted by Gasteiger charge is 2.40. The van der Waals surface area contributed by atoms with Crippen molar-refractivity contribution in [3.05, 3.63) is 39.5 Å². The molecule has 0 fully saturated rings. The SMILES string of the molecule is CC(C)(O)c1ncc(S(N)=O)s1.NC=O.[B]C1(O)CCc2cc3c(c(N)c21)C([B])(O)CC3. The van der Waals surface area contributed by atoms with Crippen LogP contribution in [-0.4, -0.2) is 46.6 Å². The van der Waals surface area contributed by atoms with Crippen molar-refractivity contribution < 1.29 is 24.3 Å². The summed E-state index contributed by atoms with van der Waals surface area (Å²) in [6.45, 7) is 3.24. The second-order valence-corrected chi connectivity index (χ2v) is 10.5. The summed E-state index contributed by atoms with van der Waals surface area (Å²) < 4.78 is 11.2. The highest BCUT2D eigenvalue weighted by molar-refractivity contribution is 7.85. The monoisotopic (exact) mass is 476 g/mol. The van der Waals surface area contributed by atoms with Gasteiger partial charge in [-0.1, -0.05) is 6.07 Å². The molecule has 2 aliphatic rings. The average Bonchev–Trinajstić information content (AvgIpc) is 3.33. The number of amides is 1. The van der Waals surface area contributed by atoms with E-state index in [4.69, 9.17) is 31.4 Å². The van der Waals surface area contributed by atoms with E-state index in [2.05, 4.69) is 10.7 Å². The minimum Gasteiger partial charge on any atom is -0.398 e. The third-order valence-electron chi connectivity index (χ3n) is 5.15. The first kappa shape index (κ1) is 26.5. The van der Waals surface area contributed by atoms with Crippen molar-refractivity contribution in [2.75, 3.05) is 5.73 Å². The number of aryl methyl sites for hydroxylation is 2. The minimum atomic E-state index is -1.50. The van der Waals surface area contributed by atoms with E-state index in [-0.39, 0.29) is 6.41 Å². The van der Waals surface area contributed by atoms with Gasteiger partial charge in [-0.25, -0.2) is 14.3 Å². The van der Waals surface area contributed by atoms with Gasteiger partial charge in [0.25, 0.3) is 0 Å². The Kier molecular flexibility index (Phi) is 7.96. The number of nitrogens with zero attached hydrogens (tertiary/aromatic N) is 1. The van der Waals surface area contributed by atoms with Crippen LogP contribution in [0.15, 0.2) is 16.5 Å². The van der Waals surface area contributed by atoms with Crippen molar-refractivity contribution in [2.45, 2.75) is 60.3 Å². The summed E-state index contributed by atoms with van der Waals surface area (Å²) in [5.41, 5.74) is 9.85. The molecule has 0 bridgehead atoms. The molecule has 2 aromatic rings. The van der Waals surface area contributed by atoms with Crippen molar-refractivity contribution in [1.29, 1.82) is 0 Å². The van der Waals surface area contributed by atoms with Gasteiger partial charge in [-0.05, 0) is 50.7 Å². The van der Waals surface area contributed by atoms with Crippen LogP contribution in [0.2, 0.25) is 0 Å². The van der Waals surface area contributed by atoms with Gasteiger partial charge < -0.3 is 26.8 Å². The van der Waals surface area contributed by atoms with Gasteiger partial charge in [0, 0.05) is 16.8 Å².